The van der Waals surface area contributed by atoms with E-state index < -0.39 is 15.6 Å². The van der Waals surface area contributed by atoms with Gasteiger partial charge < -0.3 is 31.3 Å². The number of aromatic hydroxyl groups is 1. The second kappa shape index (κ2) is 18.8. The Morgan fingerprint density at radius 2 is 1.19 bits per heavy atom. The van der Waals surface area contributed by atoms with Crippen LogP contribution in [-0.2, 0) is 4.43 Å². The summed E-state index contributed by atoms with van der Waals surface area (Å²) in [6.07, 6.45) is 28.9. The highest BCUT2D eigenvalue weighted by molar-refractivity contribution is 7.85. The molecule has 3 saturated carbocycles. The number of hydrogen-bond acceptors (Lipinski definition) is 3. The Morgan fingerprint density at radius 1 is 0.714 bits per heavy atom. The maximum Gasteiger partial charge on any atom is 0.186 e. The van der Waals surface area contributed by atoms with Crippen LogP contribution in [0.1, 0.15) is 142 Å². The van der Waals surface area contributed by atoms with Crippen LogP contribution in [0, 0.1) is 0 Å². The third-order valence-electron chi connectivity index (χ3n) is 10.9. The molecule has 0 spiro atoms. The largest absolute Gasteiger partial charge is 1.00 e. The van der Waals surface area contributed by atoms with Crippen molar-refractivity contribution in [2.45, 2.75) is 178 Å². The lowest BCUT2D eigenvalue weighted by Gasteiger charge is -2.49. The van der Waals surface area contributed by atoms with Crippen LogP contribution in [-0.4, -0.2) is 43.6 Å². The summed E-state index contributed by atoms with van der Waals surface area (Å²) in [5.74, 6) is 1.62. The maximum atomic E-state index is 10.9. The molecule has 3 nitrogen and oxygen atoms in total. The van der Waals surface area contributed by atoms with Crippen LogP contribution in [0.4, 0.5) is 0 Å². The van der Waals surface area contributed by atoms with Crippen molar-refractivity contribution in [3.8, 4) is 11.5 Å². The Balaban J connectivity index is 0.00000484. The van der Waals surface area contributed by atoms with Gasteiger partial charge in [0.1, 0.15) is 11.1 Å². The predicted molar refractivity (Wildman–Crippen MR) is 182 cm³/mol. The van der Waals surface area contributed by atoms with Crippen LogP contribution >= 0.6 is 7.26 Å². The topological polar surface area (TPSA) is 38.7 Å². The van der Waals surface area contributed by atoms with Crippen molar-refractivity contribution < 1.29 is 31.3 Å². The van der Waals surface area contributed by atoms with E-state index in [0.29, 0.717) is 5.75 Å². The summed E-state index contributed by atoms with van der Waals surface area (Å²) in [6, 6.07) is 7.59. The van der Waals surface area contributed by atoms with E-state index in [4.69, 9.17) is 9.16 Å². The normalized spacial score (nSPS) is 19.9. The van der Waals surface area contributed by atoms with E-state index in [0.717, 1.165) is 42.4 Å². The second-order valence-electron chi connectivity index (χ2n) is 14.3. The molecule has 1 aromatic rings. The molecular weight excluding hydrogens is 619 g/mol. The lowest BCUT2D eigenvalue weighted by molar-refractivity contribution is -0.0000113. The minimum Gasteiger partial charge on any atom is -1.00 e. The van der Waals surface area contributed by atoms with Gasteiger partial charge in [-0.15, -0.1) is 0 Å². The van der Waals surface area contributed by atoms with Crippen LogP contribution in [0.2, 0.25) is 19.1 Å². The highest BCUT2D eigenvalue weighted by Crippen LogP contribution is 2.77. The smallest absolute Gasteiger partial charge is 0.186 e. The lowest BCUT2D eigenvalue weighted by atomic mass is 9.99. The number of halogens is 1. The third kappa shape index (κ3) is 9.95. The number of hydrogen-bond donors (Lipinski definition) is 1. The highest BCUT2D eigenvalue weighted by atomic mass is 79.9. The average molecular weight is 684 g/mol. The second-order valence-corrected chi connectivity index (χ2v) is 22.9. The molecule has 6 heteroatoms. The summed E-state index contributed by atoms with van der Waals surface area (Å²) in [6.45, 7) is 8.54. The number of ether oxygens (including phenoxy) is 1. The zero-order valence-corrected chi connectivity index (χ0v) is 31.0. The molecule has 0 bridgehead atoms. The van der Waals surface area contributed by atoms with Crippen molar-refractivity contribution in [2.75, 3.05) is 13.2 Å². The van der Waals surface area contributed by atoms with E-state index in [2.05, 4.69) is 32.2 Å². The van der Waals surface area contributed by atoms with Crippen molar-refractivity contribution in [2.24, 2.45) is 0 Å². The van der Waals surface area contributed by atoms with Gasteiger partial charge in [-0.1, -0.05) is 51.4 Å². The highest BCUT2D eigenvalue weighted by Gasteiger charge is 2.60. The molecule has 0 heterocycles. The number of rotatable bonds is 16. The number of phenols is 1. The average Bonchev–Trinajstić information content (AvgIpc) is 2.99. The number of benzene rings is 1. The van der Waals surface area contributed by atoms with Gasteiger partial charge in [0, 0.05) is 12.7 Å². The monoisotopic (exact) mass is 682 g/mol. The van der Waals surface area contributed by atoms with Crippen LogP contribution in [0.3, 0.4) is 0 Å². The van der Waals surface area contributed by atoms with E-state index in [-0.39, 0.29) is 17.0 Å². The standard InChI is InChI=1S/C36H63O3PSi.BrH/c1-4-39-41(2,3)29-19-8-6-5-7-18-28-38-35-27-26-31(37)30-36(35)40(32-20-12-9-13-21-32,33-22-14-10-15-23-33)34-24-16-11-17-25-34;/h26-27,30,32-34H,4-25,28-29H2,1-3H3;1H. The van der Waals surface area contributed by atoms with Crippen molar-refractivity contribution >= 4 is 20.9 Å². The summed E-state index contributed by atoms with van der Waals surface area (Å²) >= 11 is 0. The minimum absolute atomic E-state index is 0. The fraction of sp³-hybridized carbons (Fsp3) is 0.833. The lowest BCUT2D eigenvalue weighted by Crippen LogP contribution is -3.00. The van der Waals surface area contributed by atoms with E-state index in [1.807, 2.05) is 6.07 Å². The molecule has 1 aromatic carbocycles. The predicted octanol–water partition coefficient (Wildman–Crippen LogP) is 8.00. The van der Waals surface area contributed by atoms with Crippen molar-refractivity contribution in [1.29, 1.82) is 0 Å². The number of phenolic OH excluding ortho intramolecular Hbond substituents is 1. The minimum atomic E-state index is -1.52. The molecule has 1 N–H and O–H groups in total. The Labute approximate surface area is 271 Å². The van der Waals surface area contributed by atoms with E-state index in [1.54, 1.807) is 0 Å². The third-order valence-corrected chi connectivity index (χ3v) is 19.8. The van der Waals surface area contributed by atoms with Gasteiger partial charge in [0.2, 0.25) is 0 Å². The molecule has 0 radical (unpaired) electrons. The van der Waals surface area contributed by atoms with Gasteiger partial charge in [0.15, 0.2) is 14.1 Å². The van der Waals surface area contributed by atoms with E-state index in [9.17, 15) is 5.11 Å². The van der Waals surface area contributed by atoms with Gasteiger partial charge in [0.05, 0.1) is 30.8 Å². The van der Waals surface area contributed by atoms with Gasteiger partial charge >= 0.3 is 0 Å². The molecule has 0 unspecified atom stereocenters. The Kier molecular flexibility index (Phi) is 16.3. The molecule has 4 rings (SSSR count). The fourth-order valence-corrected chi connectivity index (χ4v) is 18.5. The Bertz CT molecular complexity index is 833. The first-order valence-corrected chi connectivity index (χ1v) is 23.1. The zero-order valence-electron chi connectivity index (χ0n) is 27.5. The first-order valence-electron chi connectivity index (χ1n) is 18.0. The van der Waals surface area contributed by atoms with Crippen molar-refractivity contribution in [1.82, 2.24) is 0 Å². The van der Waals surface area contributed by atoms with Crippen molar-refractivity contribution in [3.63, 3.8) is 0 Å². The molecule has 0 atom stereocenters. The molecule has 242 valence electrons. The van der Waals surface area contributed by atoms with Gasteiger partial charge in [-0.05, 0) is 122 Å². The van der Waals surface area contributed by atoms with Gasteiger partial charge in [-0.3, -0.25) is 0 Å². The molecule has 3 aliphatic rings. The van der Waals surface area contributed by atoms with Crippen LogP contribution in [0.5, 0.6) is 11.5 Å². The summed E-state index contributed by atoms with van der Waals surface area (Å²) in [5, 5.41) is 12.5. The number of unbranched alkanes of at least 4 members (excludes halogenated alkanes) is 5. The summed E-state index contributed by atoms with van der Waals surface area (Å²) in [7, 11) is -2.94. The van der Waals surface area contributed by atoms with E-state index in [1.165, 1.54) is 140 Å². The molecule has 42 heavy (non-hydrogen) atoms. The molecule has 3 aliphatic carbocycles. The van der Waals surface area contributed by atoms with Crippen LogP contribution in [0.25, 0.3) is 0 Å². The molecule has 3 fully saturated rings. The van der Waals surface area contributed by atoms with E-state index >= 15 is 0 Å². The zero-order chi connectivity index (χ0) is 29.0. The first-order chi connectivity index (χ1) is 20.0. The summed E-state index contributed by atoms with van der Waals surface area (Å²) in [5.41, 5.74) is 2.55. The van der Waals surface area contributed by atoms with Crippen LogP contribution < -0.4 is 27.0 Å². The molecule has 0 saturated heterocycles. The van der Waals surface area contributed by atoms with Gasteiger partial charge in [0.25, 0.3) is 0 Å². The summed E-state index contributed by atoms with van der Waals surface area (Å²) in [4.78, 5) is 0. The molecule has 0 aliphatic heterocycles. The summed E-state index contributed by atoms with van der Waals surface area (Å²) < 4.78 is 12.8. The Morgan fingerprint density at radius 3 is 1.69 bits per heavy atom. The van der Waals surface area contributed by atoms with Crippen LogP contribution in [0.15, 0.2) is 18.2 Å². The van der Waals surface area contributed by atoms with Gasteiger partial charge in [-0.25, -0.2) is 0 Å². The Hall–Kier alpha value is -0.0931. The van der Waals surface area contributed by atoms with Crippen molar-refractivity contribution in [3.05, 3.63) is 18.2 Å². The molecular formula is C36H64BrO3PSi. The quantitative estimate of drug-likeness (QED) is 0.109. The SMILES string of the molecule is CCO[Si](C)(C)CCCCCCCCOc1ccc(O)cc1[P+](C1CCCCC1)(C1CCCCC1)C1CCCCC1.[Br-]. The molecule has 0 aromatic heterocycles. The maximum absolute atomic E-state index is 10.9. The molecule has 0 amide bonds. The fourth-order valence-electron chi connectivity index (χ4n) is 8.94. The van der Waals surface area contributed by atoms with Gasteiger partial charge in [-0.2, -0.15) is 0 Å². The first kappa shape index (κ1) is 36.4.